The summed E-state index contributed by atoms with van der Waals surface area (Å²) < 4.78 is 31.7. The number of hydrogen-bond donors (Lipinski definition) is 2. The lowest BCUT2D eigenvalue weighted by atomic mass is 10.2. The molecular weight excluding hydrogens is 291 g/mol. The Morgan fingerprint density at radius 3 is 2.26 bits per heavy atom. The molecule has 0 aliphatic carbocycles. The molecule has 2 aliphatic heterocycles. The van der Waals surface area contributed by atoms with Crippen molar-refractivity contribution in [1.29, 1.82) is 0 Å². The number of carbonyl (C=O) groups is 3. The molecule has 0 saturated carbocycles. The van der Waals surface area contributed by atoms with Crippen LogP contribution in [0.1, 0.15) is 6.42 Å². The molecule has 0 aromatic carbocycles. The molecule has 0 unspecified atom stereocenters. The average Bonchev–Trinajstić information content (AvgIpc) is 2.27. The van der Waals surface area contributed by atoms with Crippen LogP contribution in [-0.4, -0.2) is 50.3 Å². The number of hydrogen-bond acceptors (Lipinski definition) is 4. The summed E-state index contributed by atoms with van der Waals surface area (Å²) in [5.41, 5.74) is 0.310. The monoisotopic (exact) mass is 299 g/mol. The van der Waals surface area contributed by atoms with E-state index in [9.17, 15) is 22.8 Å². The summed E-state index contributed by atoms with van der Waals surface area (Å²) in [6.07, 6.45) is -3.08. The topological polar surface area (TPSA) is 94.9 Å². The van der Waals surface area contributed by atoms with Crippen LogP contribution in [0.4, 0.5) is 13.2 Å². The molecule has 0 radical (unpaired) electrons. The van der Waals surface area contributed by atoms with E-state index >= 15 is 0 Å². The number of nitrogens with zero attached hydrogens (tertiary/aromatic N) is 1. The minimum atomic E-state index is -5.08. The maximum Gasteiger partial charge on any atom is 0.490 e. The Kier molecular flexibility index (Phi) is 4.45. The molecule has 0 bridgehead atoms. The Bertz CT molecular complexity index is 448. The number of rotatable bonds is 1. The highest BCUT2D eigenvalue weighted by molar-refractivity contribution is 8.00. The van der Waals surface area contributed by atoms with Gasteiger partial charge >= 0.3 is 18.1 Å². The molecule has 10 heteroatoms. The lowest BCUT2D eigenvalue weighted by Gasteiger charge is -2.40. The molecule has 6 nitrogen and oxygen atoms in total. The normalized spacial score (nSPS) is 21.4. The molecule has 1 amide bonds. The predicted molar refractivity (Wildman–Crippen MR) is 57.1 cm³/mol. The maximum absolute atomic E-state index is 10.9. The van der Waals surface area contributed by atoms with Crippen LogP contribution in [0, 0.1) is 0 Å². The van der Waals surface area contributed by atoms with E-state index in [0.29, 0.717) is 17.7 Å². The number of carboxylic acid groups (broad SMARTS) is 2. The maximum atomic E-state index is 10.9. The Balaban J connectivity index is 0.000000224. The van der Waals surface area contributed by atoms with Crippen LogP contribution in [-0.2, 0) is 14.4 Å². The van der Waals surface area contributed by atoms with E-state index < -0.39 is 18.1 Å². The highest BCUT2D eigenvalue weighted by Gasteiger charge is 2.39. The van der Waals surface area contributed by atoms with Gasteiger partial charge in [-0.3, -0.25) is 4.79 Å². The van der Waals surface area contributed by atoms with Gasteiger partial charge in [-0.15, -0.1) is 11.8 Å². The van der Waals surface area contributed by atoms with Crippen molar-refractivity contribution in [2.45, 2.75) is 18.0 Å². The van der Waals surface area contributed by atoms with E-state index in [1.807, 2.05) is 0 Å². The zero-order valence-electron chi connectivity index (χ0n) is 9.18. The molecule has 1 atom stereocenters. The van der Waals surface area contributed by atoms with Crippen molar-refractivity contribution in [3.05, 3.63) is 11.8 Å². The highest BCUT2D eigenvalue weighted by Crippen LogP contribution is 2.35. The summed E-state index contributed by atoms with van der Waals surface area (Å²) in [4.78, 5) is 31.8. The minimum absolute atomic E-state index is 0.0194. The van der Waals surface area contributed by atoms with Crippen molar-refractivity contribution in [3.8, 4) is 0 Å². The first kappa shape index (κ1) is 15.3. The molecule has 1 saturated heterocycles. The van der Waals surface area contributed by atoms with E-state index in [2.05, 4.69) is 0 Å². The van der Waals surface area contributed by atoms with Gasteiger partial charge in [0.2, 0.25) is 5.91 Å². The van der Waals surface area contributed by atoms with E-state index in [0.717, 1.165) is 0 Å². The number of fused-ring (bicyclic) bond motifs is 1. The molecular formula is C9H8F3NO5S. The molecule has 0 aromatic heterocycles. The zero-order valence-corrected chi connectivity index (χ0v) is 9.99. The van der Waals surface area contributed by atoms with Gasteiger partial charge in [0.05, 0.1) is 17.4 Å². The number of β-lactam (4-membered cyclic amide) rings is 1. The van der Waals surface area contributed by atoms with Crippen LogP contribution in [0.5, 0.6) is 0 Å². The standard InChI is InChI=1S/C7H7NO3S.C2HF3O2/c9-5-1-6-8(5)2-4(3-12-6)7(10)11;3-2(4,5)1(6)7/h2,6H,1,3H2,(H,10,11);(H,6,7)/t6-;/m1./s1. The zero-order chi connectivity index (χ0) is 14.8. The Morgan fingerprint density at radius 1 is 1.37 bits per heavy atom. The third kappa shape index (κ3) is 3.88. The highest BCUT2D eigenvalue weighted by atomic mass is 32.2. The van der Waals surface area contributed by atoms with Crippen LogP contribution in [0.15, 0.2) is 11.8 Å². The molecule has 2 N–H and O–H groups in total. The molecule has 1 fully saturated rings. The molecule has 0 spiro atoms. The van der Waals surface area contributed by atoms with Crippen LogP contribution in [0.25, 0.3) is 0 Å². The smallest absolute Gasteiger partial charge is 0.478 e. The Labute approximate surface area is 108 Å². The van der Waals surface area contributed by atoms with Gasteiger partial charge in [-0.25, -0.2) is 9.59 Å². The number of amides is 1. The SMILES string of the molecule is O=C(O)C(F)(F)F.O=C(O)C1=CN2C(=O)C[C@H]2SC1. The second-order valence-corrected chi connectivity index (χ2v) is 4.70. The predicted octanol–water partition coefficient (Wildman–Crippen LogP) is 0.893. The quantitative estimate of drug-likeness (QED) is 0.698. The number of thioether (sulfide) groups is 1. The number of halogens is 3. The third-order valence-electron chi connectivity index (χ3n) is 2.19. The fraction of sp³-hybridized carbons (Fsp3) is 0.444. The fourth-order valence-electron chi connectivity index (χ4n) is 1.20. The summed E-state index contributed by atoms with van der Waals surface area (Å²) in [5.74, 6) is -3.16. The van der Waals surface area contributed by atoms with E-state index in [1.165, 1.54) is 22.9 Å². The van der Waals surface area contributed by atoms with E-state index in [-0.39, 0.29) is 11.3 Å². The van der Waals surface area contributed by atoms with Gasteiger partial charge in [0.25, 0.3) is 0 Å². The summed E-state index contributed by atoms with van der Waals surface area (Å²) in [5, 5.41) is 16.0. The second-order valence-electron chi connectivity index (χ2n) is 3.53. The fourth-order valence-corrected chi connectivity index (χ4v) is 2.37. The Hall–Kier alpha value is -1.71. The van der Waals surface area contributed by atoms with Crippen molar-refractivity contribution in [2.24, 2.45) is 0 Å². The van der Waals surface area contributed by atoms with Crippen molar-refractivity contribution in [1.82, 2.24) is 4.90 Å². The number of alkyl halides is 3. The minimum Gasteiger partial charge on any atom is -0.478 e. The summed E-state index contributed by atoms with van der Waals surface area (Å²) in [6.45, 7) is 0. The molecule has 106 valence electrons. The first-order valence-electron chi connectivity index (χ1n) is 4.79. The molecule has 2 rings (SSSR count). The Morgan fingerprint density at radius 2 is 1.89 bits per heavy atom. The first-order chi connectivity index (χ1) is 8.62. The van der Waals surface area contributed by atoms with Gasteiger partial charge in [0, 0.05) is 12.0 Å². The summed E-state index contributed by atoms with van der Waals surface area (Å²) >= 11 is 1.51. The van der Waals surface area contributed by atoms with E-state index in [1.54, 1.807) is 0 Å². The van der Waals surface area contributed by atoms with Gasteiger partial charge in [-0.1, -0.05) is 0 Å². The van der Waals surface area contributed by atoms with E-state index in [4.69, 9.17) is 15.0 Å². The van der Waals surface area contributed by atoms with Crippen molar-refractivity contribution in [2.75, 3.05) is 5.75 Å². The lowest BCUT2D eigenvalue weighted by Crippen LogP contribution is -2.49. The van der Waals surface area contributed by atoms with Crippen molar-refractivity contribution < 1.29 is 37.8 Å². The molecule has 0 aromatic rings. The summed E-state index contributed by atoms with van der Waals surface area (Å²) in [7, 11) is 0. The number of carboxylic acids is 2. The second kappa shape index (κ2) is 5.51. The number of carbonyl (C=O) groups excluding carboxylic acids is 1. The number of aliphatic carboxylic acids is 2. The molecule has 2 heterocycles. The largest absolute Gasteiger partial charge is 0.490 e. The van der Waals surface area contributed by atoms with Crippen LogP contribution >= 0.6 is 11.8 Å². The first-order valence-corrected chi connectivity index (χ1v) is 5.84. The van der Waals surface area contributed by atoms with Crippen LogP contribution < -0.4 is 0 Å². The van der Waals surface area contributed by atoms with Gasteiger partial charge < -0.3 is 15.1 Å². The molecule has 19 heavy (non-hydrogen) atoms. The van der Waals surface area contributed by atoms with Gasteiger partial charge in [-0.05, 0) is 0 Å². The summed E-state index contributed by atoms with van der Waals surface area (Å²) in [6, 6.07) is 0. The van der Waals surface area contributed by atoms with Crippen LogP contribution in [0.2, 0.25) is 0 Å². The van der Waals surface area contributed by atoms with Crippen molar-refractivity contribution >= 4 is 29.6 Å². The molecule has 2 aliphatic rings. The van der Waals surface area contributed by atoms with Crippen molar-refractivity contribution in [3.63, 3.8) is 0 Å². The average molecular weight is 299 g/mol. The van der Waals surface area contributed by atoms with Gasteiger partial charge in [0.15, 0.2) is 0 Å². The third-order valence-corrected chi connectivity index (χ3v) is 3.45. The lowest BCUT2D eigenvalue weighted by molar-refractivity contribution is -0.192. The van der Waals surface area contributed by atoms with Gasteiger partial charge in [-0.2, -0.15) is 13.2 Å². The van der Waals surface area contributed by atoms with Gasteiger partial charge in [0.1, 0.15) is 0 Å². The van der Waals surface area contributed by atoms with Crippen LogP contribution in [0.3, 0.4) is 0 Å².